The van der Waals surface area contributed by atoms with E-state index >= 15 is 0 Å². The fraction of sp³-hybridized carbons (Fsp3) is 0.562. The molecule has 1 atom stereocenters. The fourth-order valence-corrected chi connectivity index (χ4v) is 2.86. The van der Waals surface area contributed by atoms with Crippen LogP contribution in [0, 0.1) is 5.92 Å². The molecule has 1 unspecified atom stereocenters. The highest BCUT2D eigenvalue weighted by molar-refractivity contribution is 5.92. The second-order valence-electron chi connectivity index (χ2n) is 5.91. The Hall–Kier alpha value is -2.05. The number of fused-ring (bicyclic) bond motifs is 1. The van der Waals surface area contributed by atoms with Crippen LogP contribution in [-0.4, -0.2) is 31.6 Å². The maximum absolute atomic E-state index is 13.6. The van der Waals surface area contributed by atoms with Crippen molar-refractivity contribution >= 4 is 11.6 Å². The van der Waals surface area contributed by atoms with Gasteiger partial charge in [-0.05, 0) is 25.0 Å². The van der Waals surface area contributed by atoms with Crippen LogP contribution in [0.4, 0.5) is 14.5 Å². The van der Waals surface area contributed by atoms with Crippen LogP contribution in [0.5, 0.6) is 11.5 Å². The SMILES string of the molecule is NC(=NCC1CCCC1(F)F)Nc1ccc2c(c1)OCCCO2. The van der Waals surface area contributed by atoms with E-state index in [2.05, 4.69) is 10.3 Å². The standard InChI is InChI=1S/C16H21F2N3O2/c17-16(18)6-1-3-11(16)10-20-15(19)21-12-4-5-13-14(9-12)23-8-2-7-22-13/h4-5,9,11H,1-3,6-8,10H2,(H3,19,20,21). The van der Waals surface area contributed by atoms with Crippen molar-refractivity contribution in [1.82, 2.24) is 0 Å². The Morgan fingerprint density at radius 3 is 2.78 bits per heavy atom. The lowest BCUT2D eigenvalue weighted by molar-refractivity contribution is -0.0329. The third-order valence-corrected chi connectivity index (χ3v) is 4.16. The van der Waals surface area contributed by atoms with E-state index in [4.69, 9.17) is 15.2 Å². The highest BCUT2D eigenvalue weighted by Gasteiger charge is 2.43. The first-order chi connectivity index (χ1) is 11.0. The maximum Gasteiger partial charge on any atom is 0.252 e. The Labute approximate surface area is 133 Å². The molecule has 0 saturated heterocycles. The van der Waals surface area contributed by atoms with Gasteiger partial charge in [0, 0.05) is 30.5 Å². The Balaban J connectivity index is 1.62. The summed E-state index contributed by atoms with van der Waals surface area (Å²) in [6, 6.07) is 5.36. The summed E-state index contributed by atoms with van der Waals surface area (Å²) in [7, 11) is 0. The van der Waals surface area contributed by atoms with Crippen LogP contribution in [0.3, 0.4) is 0 Å². The number of hydrogen-bond donors (Lipinski definition) is 2. The molecule has 1 fully saturated rings. The maximum atomic E-state index is 13.6. The van der Waals surface area contributed by atoms with E-state index in [1.165, 1.54) is 0 Å². The number of hydrogen-bond acceptors (Lipinski definition) is 3. The summed E-state index contributed by atoms with van der Waals surface area (Å²) in [6.07, 6.45) is 1.82. The smallest absolute Gasteiger partial charge is 0.252 e. The highest BCUT2D eigenvalue weighted by atomic mass is 19.3. The van der Waals surface area contributed by atoms with Crippen LogP contribution in [0.25, 0.3) is 0 Å². The molecule has 1 aliphatic heterocycles. The second-order valence-corrected chi connectivity index (χ2v) is 5.91. The molecular weight excluding hydrogens is 304 g/mol. The molecule has 1 heterocycles. The van der Waals surface area contributed by atoms with Crippen molar-refractivity contribution in [2.24, 2.45) is 16.6 Å². The van der Waals surface area contributed by atoms with E-state index in [-0.39, 0.29) is 18.9 Å². The number of benzene rings is 1. The Morgan fingerprint density at radius 2 is 2.04 bits per heavy atom. The summed E-state index contributed by atoms with van der Waals surface area (Å²) in [5.41, 5.74) is 6.49. The Kier molecular flexibility index (Phi) is 4.54. The summed E-state index contributed by atoms with van der Waals surface area (Å²) < 4.78 is 38.2. The zero-order chi connectivity index (χ0) is 16.3. The molecule has 0 radical (unpaired) electrons. The second kappa shape index (κ2) is 6.60. The lowest BCUT2D eigenvalue weighted by Gasteiger charge is -2.17. The molecular formula is C16H21F2N3O2. The first-order valence-electron chi connectivity index (χ1n) is 7.89. The van der Waals surface area contributed by atoms with Gasteiger partial charge in [0.15, 0.2) is 17.5 Å². The van der Waals surface area contributed by atoms with E-state index in [9.17, 15) is 8.78 Å². The number of guanidine groups is 1. The van der Waals surface area contributed by atoms with Crippen LogP contribution < -0.4 is 20.5 Å². The normalized spacial score (nSPS) is 23.4. The van der Waals surface area contributed by atoms with Crippen molar-refractivity contribution in [1.29, 1.82) is 0 Å². The monoisotopic (exact) mass is 325 g/mol. The first-order valence-corrected chi connectivity index (χ1v) is 7.89. The molecule has 7 heteroatoms. The van der Waals surface area contributed by atoms with Gasteiger partial charge in [0.05, 0.1) is 19.8 Å². The minimum absolute atomic E-state index is 0.0381. The van der Waals surface area contributed by atoms with Gasteiger partial charge in [-0.2, -0.15) is 0 Å². The van der Waals surface area contributed by atoms with Crippen molar-refractivity contribution in [2.75, 3.05) is 25.1 Å². The van der Waals surface area contributed by atoms with E-state index in [0.717, 1.165) is 6.42 Å². The Morgan fingerprint density at radius 1 is 1.26 bits per heavy atom. The number of aliphatic imine (C=N–C) groups is 1. The van der Waals surface area contributed by atoms with Crippen molar-refractivity contribution < 1.29 is 18.3 Å². The Bertz CT molecular complexity index is 593. The van der Waals surface area contributed by atoms with E-state index in [1.54, 1.807) is 18.2 Å². The number of ether oxygens (including phenoxy) is 2. The minimum atomic E-state index is -2.63. The van der Waals surface area contributed by atoms with Gasteiger partial charge in [0.25, 0.3) is 5.92 Å². The lowest BCUT2D eigenvalue weighted by Crippen LogP contribution is -2.28. The first kappa shape index (κ1) is 15.8. The number of anilines is 1. The molecule has 5 nitrogen and oxygen atoms in total. The van der Waals surface area contributed by atoms with Crippen LogP contribution in [-0.2, 0) is 0 Å². The summed E-state index contributed by atoms with van der Waals surface area (Å²) in [5, 5.41) is 2.91. The summed E-state index contributed by atoms with van der Waals surface area (Å²) in [5.74, 6) is -1.88. The average molecular weight is 325 g/mol. The molecule has 3 rings (SSSR count). The molecule has 1 aromatic rings. The number of nitrogens with two attached hydrogens (primary N) is 1. The van der Waals surface area contributed by atoms with E-state index < -0.39 is 11.8 Å². The van der Waals surface area contributed by atoms with Gasteiger partial charge in [0.1, 0.15) is 0 Å². The average Bonchev–Trinajstić information content (AvgIpc) is 2.71. The third-order valence-electron chi connectivity index (χ3n) is 4.16. The van der Waals surface area contributed by atoms with Crippen LogP contribution in [0.15, 0.2) is 23.2 Å². The molecule has 23 heavy (non-hydrogen) atoms. The minimum Gasteiger partial charge on any atom is -0.490 e. The predicted octanol–water partition coefficient (Wildman–Crippen LogP) is 3.01. The molecule has 0 bridgehead atoms. The zero-order valence-corrected chi connectivity index (χ0v) is 12.9. The molecule has 1 aromatic carbocycles. The van der Waals surface area contributed by atoms with E-state index in [0.29, 0.717) is 43.2 Å². The zero-order valence-electron chi connectivity index (χ0n) is 12.9. The molecule has 0 amide bonds. The number of halogens is 2. The molecule has 2 aliphatic rings. The van der Waals surface area contributed by atoms with Gasteiger partial charge < -0.3 is 20.5 Å². The number of nitrogens with one attached hydrogen (secondary N) is 1. The van der Waals surface area contributed by atoms with Gasteiger partial charge >= 0.3 is 0 Å². The van der Waals surface area contributed by atoms with Crippen LogP contribution in [0.1, 0.15) is 25.7 Å². The van der Waals surface area contributed by atoms with Crippen molar-refractivity contribution in [2.45, 2.75) is 31.6 Å². The predicted molar refractivity (Wildman–Crippen MR) is 84.4 cm³/mol. The molecule has 3 N–H and O–H groups in total. The number of nitrogens with zero attached hydrogens (tertiary/aromatic N) is 1. The van der Waals surface area contributed by atoms with Crippen LogP contribution >= 0.6 is 0 Å². The molecule has 1 saturated carbocycles. The molecule has 0 spiro atoms. The van der Waals surface area contributed by atoms with Gasteiger partial charge in [-0.25, -0.2) is 8.78 Å². The number of alkyl halides is 2. The molecule has 126 valence electrons. The number of rotatable bonds is 3. The summed E-state index contributed by atoms with van der Waals surface area (Å²) in [6.45, 7) is 1.26. The topological polar surface area (TPSA) is 68.9 Å². The molecule has 0 aromatic heterocycles. The van der Waals surface area contributed by atoms with Gasteiger partial charge in [-0.1, -0.05) is 0 Å². The van der Waals surface area contributed by atoms with E-state index in [1.807, 2.05) is 0 Å². The lowest BCUT2D eigenvalue weighted by atomic mass is 10.1. The largest absolute Gasteiger partial charge is 0.490 e. The van der Waals surface area contributed by atoms with Crippen molar-refractivity contribution in [3.63, 3.8) is 0 Å². The summed E-state index contributed by atoms with van der Waals surface area (Å²) >= 11 is 0. The molecule has 1 aliphatic carbocycles. The highest BCUT2D eigenvalue weighted by Crippen LogP contribution is 2.40. The van der Waals surface area contributed by atoms with Crippen LogP contribution in [0.2, 0.25) is 0 Å². The van der Waals surface area contributed by atoms with Crippen molar-refractivity contribution in [3.8, 4) is 11.5 Å². The van der Waals surface area contributed by atoms with Gasteiger partial charge in [0.2, 0.25) is 0 Å². The van der Waals surface area contributed by atoms with Gasteiger partial charge in [-0.15, -0.1) is 0 Å². The van der Waals surface area contributed by atoms with Crippen molar-refractivity contribution in [3.05, 3.63) is 18.2 Å². The summed E-state index contributed by atoms with van der Waals surface area (Å²) in [4.78, 5) is 4.06. The fourth-order valence-electron chi connectivity index (χ4n) is 2.86. The van der Waals surface area contributed by atoms with Gasteiger partial charge in [-0.3, -0.25) is 4.99 Å². The third kappa shape index (κ3) is 3.83. The quantitative estimate of drug-likeness (QED) is 0.662.